The Balaban J connectivity index is 1.19. The number of fused-ring (bicyclic) bond motifs is 3. The molecule has 2 nitrogen and oxygen atoms in total. The van der Waals surface area contributed by atoms with Crippen molar-refractivity contribution in [1.29, 1.82) is 0 Å². The fraction of sp³-hybridized carbons (Fsp3) is 0.0714. The highest BCUT2D eigenvalue weighted by atomic mass is 15.1. The van der Waals surface area contributed by atoms with Crippen LogP contribution in [0.3, 0.4) is 0 Å². The highest BCUT2D eigenvalue weighted by molar-refractivity contribution is 6.24. The molecule has 7 aromatic carbocycles. The molecule has 0 aliphatic heterocycles. The summed E-state index contributed by atoms with van der Waals surface area (Å²) in [6.07, 6.45) is 3.75. The normalized spacial score (nSPS) is 13.4. The number of hydrogen-bond acceptors (Lipinski definition) is 2. The number of benzene rings is 7. The minimum Gasteiger partial charge on any atom is -0.309 e. The van der Waals surface area contributed by atoms with Crippen LogP contribution in [0.5, 0.6) is 0 Å². The average molecular weight is 563 g/mol. The SMILES string of the molecule is CC1(C)c2ccccc2-c2ccc(-c3cc4ccc5cc(N(c6ccccc6)c6cccnc6)cc6ccc(c3)c4c56)cc21. The van der Waals surface area contributed by atoms with Crippen LogP contribution in [-0.4, -0.2) is 4.98 Å². The molecule has 1 heterocycles. The maximum absolute atomic E-state index is 4.43. The van der Waals surface area contributed by atoms with Crippen LogP contribution in [0.2, 0.25) is 0 Å². The van der Waals surface area contributed by atoms with Crippen LogP contribution in [0.25, 0.3) is 54.6 Å². The smallest absolute Gasteiger partial charge is 0.0644 e. The van der Waals surface area contributed by atoms with Crippen LogP contribution in [0, 0.1) is 0 Å². The monoisotopic (exact) mass is 562 g/mol. The van der Waals surface area contributed by atoms with Crippen LogP contribution < -0.4 is 4.90 Å². The van der Waals surface area contributed by atoms with Gasteiger partial charge in [-0.1, -0.05) is 92.7 Å². The van der Waals surface area contributed by atoms with E-state index in [4.69, 9.17) is 0 Å². The Labute approximate surface area is 257 Å². The lowest BCUT2D eigenvalue weighted by Gasteiger charge is -2.26. The Bertz CT molecular complexity index is 2250. The first-order valence-corrected chi connectivity index (χ1v) is 15.3. The molecule has 0 radical (unpaired) electrons. The maximum Gasteiger partial charge on any atom is 0.0644 e. The Morgan fingerprint density at radius 2 is 1.09 bits per heavy atom. The molecule has 8 aromatic rings. The van der Waals surface area contributed by atoms with Crippen molar-refractivity contribution in [2.24, 2.45) is 0 Å². The first-order chi connectivity index (χ1) is 21.6. The molecule has 1 aliphatic carbocycles. The minimum atomic E-state index is -0.0147. The van der Waals surface area contributed by atoms with E-state index in [1.165, 1.54) is 65.7 Å². The molecule has 0 bridgehead atoms. The predicted molar refractivity (Wildman–Crippen MR) is 186 cm³/mol. The van der Waals surface area contributed by atoms with Gasteiger partial charge in [0.25, 0.3) is 0 Å². The Hall–Kier alpha value is -5.47. The molecule has 44 heavy (non-hydrogen) atoms. The molecule has 1 aromatic heterocycles. The van der Waals surface area contributed by atoms with Crippen molar-refractivity contribution in [3.05, 3.63) is 157 Å². The number of para-hydroxylation sites is 1. The van der Waals surface area contributed by atoms with Gasteiger partial charge < -0.3 is 4.90 Å². The molecule has 0 fully saturated rings. The first kappa shape index (κ1) is 25.1. The molecular formula is C42H30N2. The highest BCUT2D eigenvalue weighted by Crippen LogP contribution is 2.50. The molecule has 0 N–H and O–H groups in total. The molecule has 1 aliphatic rings. The Morgan fingerprint density at radius 1 is 0.477 bits per heavy atom. The van der Waals surface area contributed by atoms with Gasteiger partial charge in [0.2, 0.25) is 0 Å². The van der Waals surface area contributed by atoms with Crippen molar-refractivity contribution in [1.82, 2.24) is 4.98 Å². The maximum atomic E-state index is 4.43. The topological polar surface area (TPSA) is 16.1 Å². The number of pyridine rings is 1. The van der Waals surface area contributed by atoms with Gasteiger partial charge in [-0.05, 0) is 120 Å². The van der Waals surface area contributed by atoms with Gasteiger partial charge >= 0.3 is 0 Å². The number of aromatic nitrogens is 1. The van der Waals surface area contributed by atoms with Gasteiger partial charge in [0, 0.05) is 23.0 Å². The van der Waals surface area contributed by atoms with Gasteiger partial charge in [0.1, 0.15) is 0 Å². The van der Waals surface area contributed by atoms with Crippen LogP contribution >= 0.6 is 0 Å². The summed E-state index contributed by atoms with van der Waals surface area (Å²) in [5.41, 5.74) is 11.3. The summed E-state index contributed by atoms with van der Waals surface area (Å²) in [4.78, 5) is 6.71. The van der Waals surface area contributed by atoms with Crippen LogP contribution in [0.4, 0.5) is 17.1 Å². The van der Waals surface area contributed by atoms with Gasteiger partial charge in [-0.25, -0.2) is 0 Å². The van der Waals surface area contributed by atoms with E-state index in [9.17, 15) is 0 Å². The zero-order valence-corrected chi connectivity index (χ0v) is 24.8. The molecule has 0 spiro atoms. The second-order valence-corrected chi connectivity index (χ2v) is 12.5. The van der Waals surface area contributed by atoms with Crippen molar-refractivity contribution in [2.75, 3.05) is 4.90 Å². The largest absolute Gasteiger partial charge is 0.309 e. The lowest BCUT2D eigenvalue weighted by molar-refractivity contribution is 0.660. The summed E-state index contributed by atoms with van der Waals surface area (Å²) >= 11 is 0. The van der Waals surface area contributed by atoms with Crippen molar-refractivity contribution >= 4 is 49.4 Å². The fourth-order valence-electron chi connectivity index (χ4n) is 7.51. The number of nitrogens with zero attached hydrogens (tertiary/aromatic N) is 2. The zero-order valence-electron chi connectivity index (χ0n) is 24.8. The zero-order chi connectivity index (χ0) is 29.4. The van der Waals surface area contributed by atoms with Gasteiger partial charge in [0.15, 0.2) is 0 Å². The second kappa shape index (κ2) is 9.26. The molecule has 9 rings (SSSR count). The summed E-state index contributed by atoms with van der Waals surface area (Å²) in [7, 11) is 0. The summed E-state index contributed by atoms with van der Waals surface area (Å²) in [6, 6.07) is 49.1. The minimum absolute atomic E-state index is 0.0147. The van der Waals surface area contributed by atoms with E-state index in [0.29, 0.717) is 0 Å². The van der Waals surface area contributed by atoms with Crippen molar-refractivity contribution in [2.45, 2.75) is 19.3 Å². The lowest BCUT2D eigenvalue weighted by Crippen LogP contribution is -2.14. The van der Waals surface area contributed by atoms with E-state index in [1.54, 1.807) is 0 Å². The van der Waals surface area contributed by atoms with Gasteiger partial charge in [0.05, 0.1) is 11.9 Å². The van der Waals surface area contributed by atoms with Crippen LogP contribution in [-0.2, 0) is 5.41 Å². The van der Waals surface area contributed by atoms with E-state index >= 15 is 0 Å². The van der Waals surface area contributed by atoms with E-state index in [1.807, 2.05) is 18.5 Å². The number of rotatable bonds is 4. The quantitative estimate of drug-likeness (QED) is 0.198. The van der Waals surface area contributed by atoms with Crippen molar-refractivity contribution < 1.29 is 0 Å². The van der Waals surface area contributed by atoms with Gasteiger partial charge in [-0.3, -0.25) is 4.98 Å². The van der Waals surface area contributed by atoms with E-state index in [2.05, 4.69) is 151 Å². The van der Waals surface area contributed by atoms with Crippen LogP contribution in [0.15, 0.2) is 146 Å². The summed E-state index contributed by atoms with van der Waals surface area (Å²) in [6.45, 7) is 4.70. The highest BCUT2D eigenvalue weighted by Gasteiger charge is 2.35. The second-order valence-electron chi connectivity index (χ2n) is 12.5. The van der Waals surface area contributed by atoms with E-state index in [0.717, 1.165) is 17.1 Å². The molecule has 2 heteroatoms. The fourth-order valence-corrected chi connectivity index (χ4v) is 7.51. The predicted octanol–water partition coefficient (Wildman–Crippen LogP) is 11.4. The summed E-state index contributed by atoms with van der Waals surface area (Å²) < 4.78 is 0. The summed E-state index contributed by atoms with van der Waals surface area (Å²) in [5.74, 6) is 0. The lowest BCUT2D eigenvalue weighted by atomic mass is 9.81. The van der Waals surface area contributed by atoms with E-state index < -0.39 is 0 Å². The Kier molecular flexibility index (Phi) is 5.28. The van der Waals surface area contributed by atoms with Gasteiger partial charge in [-0.15, -0.1) is 0 Å². The third kappa shape index (κ3) is 3.64. The molecule has 0 saturated heterocycles. The number of hydrogen-bond donors (Lipinski definition) is 0. The van der Waals surface area contributed by atoms with Crippen molar-refractivity contribution in [3.8, 4) is 22.3 Å². The first-order valence-electron chi connectivity index (χ1n) is 15.3. The molecule has 0 saturated carbocycles. The average Bonchev–Trinajstić information content (AvgIpc) is 3.30. The van der Waals surface area contributed by atoms with E-state index in [-0.39, 0.29) is 5.41 Å². The van der Waals surface area contributed by atoms with Crippen LogP contribution in [0.1, 0.15) is 25.0 Å². The molecule has 0 unspecified atom stereocenters. The molecule has 0 atom stereocenters. The van der Waals surface area contributed by atoms with Gasteiger partial charge in [-0.2, -0.15) is 0 Å². The molecular weight excluding hydrogens is 532 g/mol. The molecule has 0 amide bonds. The Morgan fingerprint density at radius 3 is 1.77 bits per heavy atom. The molecule has 208 valence electrons. The summed E-state index contributed by atoms with van der Waals surface area (Å²) in [5, 5.41) is 7.68. The third-order valence-corrected chi connectivity index (χ3v) is 9.61. The number of anilines is 3. The third-order valence-electron chi connectivity index (χ3n) is 9.61. The standard InChI is InChI=1S/C42H30N2/c1-42(2)38-13-7-6-12-36(38)37-19-18-27(25-39(37)42)32-21-28-14-16-30-23-35(24-31-17-15-29(22-32)40(28)41(30)31)44(33-9-4-3-5-10-33)34-11-8-20-43-26-34/h3-26H,1-2H3. The van der Waals surface area contributed by atoms with Crippen molar-refractivity contribution in [3.63, 3.8) is 0 Å².